The van der Waals surface area contributed by atoms with Gasteiger partial charge in [-0.2, -0.15) is 0 Å². The molecule has 0 spiro atoms. The number of fused-ring (bicyclic) bond motifs is 3. The third-order valence-corrected chi connectivity index (χ3v) is 4.57. The number of nitrogens with one attached hydrogen (secondary N) is 1. The van der Waals surface area contributed by atoms with E-state index in [1.54, 1.807) is 51.8 Å². The minimum atomic E-state index is 0.0452. The lowest BCUT2D eigenvalue weighted by Gasteiger charge is -2.14. The number of methoxy groups -OCH3 is 1. The van der Waals surface area contributed by atoms with E-state index in [1.165, 1.54) is 0 Å². The Balaban J connectivity index is 1.96. The standard InChI is InChI=1S/C20H19N7O2/c1-11(21)20(12(2)28)14-7-15-16(8-17(14)29-3)27-18(25-26-19(27)10-24-15)6-13-9-22-4-5-23-13/h4-5,7-10,21,28H,6H2,1-3H3/b20-12+,21-11?. The van der Waals surface area contributed by atoms with Crippen LogP contribution in [-0.2, 0) is 6.42 Å². The molecule has 29 heavy (non-hydrogen) atoms. The highest BCUT2D eigenvalue weighted by molar-refractivity contribution is 6.22. The van der Waals surface area contributed by atoms with Gasteiger partial charge in [0.2, 0.25) is 0 Å². The molecule has 0 atom stereocenters. The third-order valence-electron chi connectivity index (χ3n) is 4.57. The number of rotatable bonds is 5. The third kappa shape index (κ3) is 3.27. The number of benzene rings is 1. The molecule has 2 N–H and O–H groups in total. The molecule has 146 valence electrons. The molecule has 3 heterocycles. The zero-order valence-electron chi connectivity index (χ0n) is 16.2. The van der Waals surface area contributed by atoms with Crippen LogP contribution in [0.3, 0.4) is 0 Å². The smallest absolute Gasteiger partial charge is 0.179 e. The highest BCUT2D eigenvalue weighted by atomic mass is 16.5. The monoisotopic (exact) mass is 389 g/mol. The lowest BCUT2D eigenvalue weighted by molar-refractivity contribution is 0.409. The van der Waals surface area contributed by atoms with E-state index >= 15 is 0 Å². The van der Waals surface area contributed by atoms with Crippen molar-refractivity contribution in [3.8, 4) is 5.75 Å². The van der Waals surface area contributed by atoms with E-state index in [4.69, 9.17) is 10.1 Å². The molecular weight excluding hydrogens is 370 g/mol. The van der Waals surface area contributed by atoms with Crippen LogP contribution < -0.4 is 4.74 Å². The Labute approximate surface area is 166 Å². The van der Waals surface area contributed by atoms with Crippen LogP contribution >= 0.6 is 0 Å². The first-order valence-electron chi connectivity index (χ1n) is 8.91. The van der Waals surface area contributed by atoms with Crippen molar-refractivity contribution < 1.29 is 9.84 Å². The zero-order valence-corrected chi connectivity index (χ0v) is 16.2. The van der Waals surface area contributed by atoms with Crippen LogP contribution in [0.4, 0.5) is 0 Å². The summed E-state index contributed by atoms with van der Waals surface area (Å²) in [4.78, 5) is 12.9. The Hall–Kier alpha value is -3.88. The predicted molar refractivity (Wildman–Crippen MR) is 108 cm³/mol. The van der Waals surface area contributed by atoms with Gasteiger partial charge in [0.05, 0.1) is 42.2 Å². The van der Waals surface area contributed by atoms with E-state index in [9.17, 15) is 5.11 Å². The van der Waals surface area contributed by atoms with E-state index in [1.807, 2.05) is 10.5 Å². The van der Waals surface area contributed by atoms with Gasteiger partial charge < -0.3 is 15.3 Å². The average Bonchev–Trinajstić information content (AvgIpc) is 3.11. The lowest BCUT2D eigenvalue weighted by Crippen LogP contribution is -2.04. The molecule has 0 fully saturated rings. The zero-order chi connectivity index (χ0) is 20.5. The molecule has 4 aromatic rings. The fourth-order valence-corrected chi connectivity index (χ4v) is 3.37. The van der Waals surface area contributed by atoms with Crippen LogP contribution in [0.25, 0.3) is 22.3 Å². The Morgan fingerprint density at radius 3 is 2.62 bits per heavy atom. The van der Waals surface area contributed by atoms with Crippen molar-refractivity contribution in [2.75, 3.05) is 7.11 Å². The molecule has 0 aliphatic rings. The van der Waals surface area contributed by atoms with Gasteiger partial charge in [0.15, 0.2) is 5.65 Å². The number of ether oxygens (including phenoxy) is 1. The number of nitrogens with zero attached hydrogens (tertiary/aromatic N) is 6. The summed E-state index contributed by atoms with van der Waals surface area (Å²) in [5, 5.41) is 26.6. The van der Waals surface area contributed by atoms with Crippen molar-refractivity contribution >= 4 is 28.0 Å². The Morgan fingerprint density at radius 2 is 1.97 bits per heavy atom. The predicted octanol–water partition coefficient (Wildman–Crippen LogP) is 3.00. The fourth-order valence-electron chi connectivity index (χ4n) is 3.37. The summed E-state index contributed by atoms with van der Waals surface area (Å²) in [6, 6.07) is 3.62. The minimum Gasteiger partial charge on any atom is -0.512 e. The topological polar surface area (TPSA) is 122 Å². The van der Waals surface area contributed by atoms with Crippen LogP contribution in [0.2, 0.25) is 0 Å². The van der Waals surface area contributed by atoms with Crippen LogP contribution in [0.5, 0.6) is 5.75 Å². The molecule has 0 saturated heterocycles. The first-order chi connectivity index (χ1) is 14.0. The Morgan fingerprint density at radius 1 is 1.14 bits per heavy atom. The average molecular weight is 389 g/mol. The first kappa shape index (κ1) is 18.5. The van der Waals surface area contributed by atoms with Gasteiger partial charge in [0.25, 0.3) is 0 Å². The molecule has 3 aromatic heterocycles. The molecule has 0 radical (unpaired) electrons. The lowest BCUT2D eigenvalue weighted by atomic mass is 9.99. The minimum absolute atomic E-state index is 0.0452. The van der Waals surface area contributed by atoms with E-state index in [-0.39, 0.29) is 11.5 Å². The van der Waals surface area contributed by atoms with Crippen molar-refractivity contribution in [3.63, 3.8) is 0 Å². The fraction of sp³-hybridized carbons (Fsp3) is 0.200. The second-order valence-corrected chi connectivity index (χ2v) is 6.57. The number of aromatic nitrogens is 6. The molecule has 0 aliphatic heterocycles. The van der Waals surface area contributed by atoms with Crippen LogP contribution in [0.15, 0.2) is 42.7 Å². The van der Waals surface area contributed by atoms with Crippen LogP contribution in [-0.4, -0.2) is 47.5 Å². The molecule has 9 nitrogen and oxygen atoms in total. The highest BCUT2D eigenvalue weighted by Crippen LogP contribution is 2.33. The SMILES string of the molecule is COc1cc2c(cc1/C(C(C)=N)=C(\C)O)ncc1nnc(Cc3cnccn3)n12. The summed E-state index contributed by atoms with van der Waals surface area (Å²) in [5.74, 6) is 1.25. The van der Waals surface area contributed by atoms with E-state index in [0.29, 0.717) is 40.3 Å². The van der Waals surface area contributed by atoms with Gasteiger partial charge in [0, 0.05) is 41.5 Å². The second kappa shape index (κ2) is 7.27. The van der Waals surface area contributed by atoms with Crippen molar-refractivity contribution in [3.05, 3.63) is 59.8 Å². The molecule has 0 saturated carbocycles. The number of hydrogen-bond donors (Lipinski definition) is 2. The van der Waals surface area contributed by atoms with E-state index in [2.05, 4.69) is 25.1 Å². The van der Waals surface area contributed by atoms with Crippen molar-refractivity contribution in [1.29, 1.82) is 5.41 Å². The number of aliphatic hydroxyl groups is 1. The normalized spacial score (nSPS) is 12.2. The highest BCUT2D eigenvalue weighted by Gasteiger charge is 2.18. The summed E-state index contributed by atoms with van der Waals surface area (Å²) < 4.78 is 7.47. The van der Waals surface area contributed by atoms with E-state index < -0.39 is 0 Å². The van der Waals surface area contributed by atoms with Gasteiger partial charge >= 0.3 is 0 Å². The number of hydrogen-bond acceptors (Lipinski definition) is 8. The van der Waals surface area contributed by atoms with Crippen molar-refractivity contribution in [2.24, 2.45) is 0 Å². The van der Waals surface area contributed by atoms with Crippen LogP contribution in [0.1, 0.15) is 30.9 Å². The Kier molecular flexibility index (Phi) is 4.63. The maximum Gasteiger partial charge on any atom is 0.179 e. The number of aliphatic hydroxyl groups excluding tert-OH is 1. The van der Waals surface area contributed by atoms with Gasteiger partial charge in [-0.25, -0.2) is 0 Å². The molecule has 4 rings (SSSR count). The molecule has 1 aromatic carbocycles. The quantitative estimate of drug-likeness (QED) is 0.397. The van der Waals surface area contributed by atoms with Crippen LogP contribution in [0, 0.1) is 5.41 Å². The summed E-state index contributed by atoms with van der Waals surface area (Å²) in [6.45, 7) is 3.17. The van der Waals surface area contributed by atoms with Crippen molar-refractivity contribution in [1.82, 2.24) is 29.5 Å². The second-order valence-electron chi connectivity index (χ2n) is 6.57. The Bertz CT molecular complexity index is 1260. The van der Waals surface area contributed by atoms with Gasteiger partial charge in [-0.3, -0.25) is 19.4 Å². The van der Waals surface area contributed by atoms with Gasteiger partial charge in [-0.05, 0) is 19.9 Å². The molecule has 0 aliphatic carbocycles. The first-order valence-corrected chi connectivity index (χ1v) is 8.91. The van der Waals surface area contributed by atoms with Gasteiger partial charge in [-0.1, -0.05) is 0 Å². The maximum atomic E-state index is 10.1. The summed E-state index contributed by atoms with van der Waals surface area (Å²) in [7, 11) is 1.55. The molecule has 9 heteroatoms. The number of allylic oxidation sites excluding steroid dienone is 2. The summed E-state index contributed by atoms with van der Waals surface area (Å²) in [5.41, 5.74) is 4.03. The maximum absolute atomic E-state index is 10.1. The van der Waals surface area contributed by atoms with Gasteiger partial charge in [-0.15, -0.1) is 10.2 Å². The summed E-state index contributed by atoms with van der Waals surface area (Å²) in [6.07, 6.45) is 7.04. The van der Waals surface area contributed by atoms with E-state index in [0.717, 1.165) is 11.2 Å². The molecule has 0 bridgehead atoms. The molecule has 0 amide bonds. The van der Waals surface area contributed by atoms with Crippen molar-refractivity contribution in [2.45, 2.75) is 20.3 Å². The molecular formula is C20H19N7O2. The largest absolute Gasteiger partial charge is 0.512 e. The summed E-state index contributed by atoms with van der Waals surface area (Å²) >= 11 is 0. The molecule has 0 unspecified atom stereocenters. The van der Waals surface area contributed by atoms with Gasteiger partial charge in [0.1, 0.15) is 11.6 Å².